The molecule has 0 saturated carbocycles. The third-order valence-corrected chi connectivity index (χ3v) is 7.33. The van der Waals surface area contributed by atoms with Gasteiger partial charge in [-0.05, 0) is 42.9 Å². The lowest BCUT2D eigenvalue weighted by atomic mass is 9.98. The predicted octanol–water partition coefficient (Wildman–Crippen LogP) is 5.17. The molecule has 0 spiro atoms. The highest BCUT2D eigenvalue weighted by Crippen LogP contribution is 2.26. The molecule has 19 heteroatoms. The molecule has 3 aromatic rings. The minimum absolute atomic E-state index is 0.0226. The minimum atomic E-state index is -1.23. The van der Waals surface area contributed by atoms with Crippen molar-refractivity contribution < 1.29 is 48.0 Å². The van der Waals surface area contributed by atoms with Crippen LogP contribution in [0.3, 0.4) is 0 Å². The van der Waals surface area contributed by atoms with Crippen molar-refractivity contribution in [1.82, 2.24) is 14.7 Å². The quantitative estimate of drug-likeness (QED) is 0.0175. The Hall–Kier alpha value is -5.62. The van der Waals surface area contributed by atoms with Gasteiger partial charge < -0.3 is 38.8 Å². The number of hydrazone groups is 1. The van der Waals surface area contributed by atoms with Crippen molar-refractivity contribution in [3.8, 4) is 11.1 Å². The van der Waals surface area contributed by atoms with Gasteiger partial charge in [-0.15, -0.1) is 15.2 Å². The maximum absolute atomic E-state index is 13.2. The van der Waals surface area contributed by atoms with Crippen LogP contribution in [-0.2, 0) is 41.5 Å². The Morgan fingerprint density at radius 3 is 2.40 bits per heavy atom. The van der Waals surface area contributed by atoms with Crippen molar-refractivity contribution >= 4 is 35.7 Å². The fourth-order valence-corrected chi connectivity index (χ4v) is 4.96. The number of hydrogen-bond donors (Lipinski definition) is 2. The summed E-state index contributed by atoms with van der Waals surface area (Å²) in [5.74, 6) is 5.71. The van der Waals surface area contributed by atoms with Crippen LogP contribution in [0.5, 0.6) is 0 Å². The van der Waals surface area contributed by atoms with Gasteiger partial charge in [-0.3, -0.25) is 0 Å². The van der Waals surface area contributed by atoms with Crippen LogP contribution in [0, 0.1) is 10.1 Å². The van der Waals surface area contributed by atoms with Gasteiger partial charge in [0, 0.05) is 25.5 Å². The van der Waals surface area contributed by atoms with Gasteiger partial charge in [0.15, 0.2) is 23.4 Å². The number of halogens is 1. The van der Waals surface area contributed by atoms with E-state index in [2.05, 4.69) is 14.9 Å². The first-order valence-electron chi connectivity index (χ1n) is 16.3. The van der Waals surface area contributed by atoms with E-state index in [9.17, 15) is 24.5 Å². The van der Waals surface area contributed by atoms with Crippen LogP contribution in [-0.4, -0.2) is 76.7 Å². The van der Waals surface area contributed by atoms with Crippen molar-refractivity contribution in [3.05, 3.63) is 86.4 Å². The maximum atomic E-state index is 13.2. The van der Waals surface area contributed by atoms with Crippen LogP contribution in [0.2, 0.25) is 5.15 Å². The number of rotatable bonds is 20. The number of unbranched alkanes of at least 4 members (excludes halogenated alkanes) is 2. The Balaban J connectivity index is 1.70. The Morgan fingerprint density at radius 1 is 1.00 bits per heavy atom. The van der Waals surface area contributed by atoms with Gasteiger partial charge in [-0.2, -0.15) is 5.12 Å². The fourth-order valence-electron chi connectivity index (χ4n) is 4.69. The van der Waals surface area contributed by atoms with Crippen molar-refractivity contribution in [2.24, 2.45) is 16.7 Å². The molecule has 1 aromatic heterocycles. The lowest BCUT2D eigenvalue weighted by Gasteiger charge is -2.16. The molecule has 1 unspecified atom stereocenters. The number of nitrogens with two attached hydrogens (primary N) is 2. The fraction of sp³-hybridized carbons (Fsp3) is 0.424. The van der Waals surface area contributed by atoms with Crippen molar-refractivity contribution in [2.45, 2.75) is 65.7 Å². The molecular formula is C33H42ClN7O11. The third kappa shape index (κ3) is 12.9. The molecular weight excluding hydrogens is 706 g/mol. The molecule has 0 aliphatic carbocycles. The summed E-state index contributed by atoms with van der Waals surface area (Å²) in [5, 5.41) is 14.2. The van der Waals surface area contributed by atoms with E-state index in [1.165, 1.54) is 6.92 Å². The number of nitrogens with zero attached hydrogens (tertiary/aromatic N) is 5. The number of ether oxygens (including phenoxy) is 5. The molecule has 0 radical (unpaired) electrons. The van der Waals surface area contributed by atoms with Crippen molar-refractivity contribution in [1.29, 1.82) is 0 Å². The number of carbonyl (C=O) groups excluding carboxylic acids is 3. The van der Waals surface area contributed by atoms with E-state index in [1.807, 2.05) is 43.3 Å². The highest BCUT2D eigenvalue weighted by Gasteiger charge is 2.26. The molecule has 0 aliphatic heterocycles. The molecule has 1 atom stereocenters. The molecule has 3 rings (SSSR count). The number of carbonyl (C=O) groups is 3. The zero-order chi connectivity index (χ0) is 38.0. The number of esters is 1. The second-order valence-corrected chi connectivity index (χ2v) is 11.3. The summed E-state index contributed by atoms with van der Waals surface area (Å²) in [6.45, 7) is 4.78. The standard InChI is InChI=1S/C33H42ClN7O11/c1-4-6-13-27-37-29(34)28(31(42)51-22(3)52-33(44)47-5-2)39(27)20-23-14-16-24(17-15-23)25-11-7-8-12-26(25)30(35)38-40(36)21-49-32(43)48-18-9-10-19-50-41(45)46/h7-8,11-12,14-17,22H,4-6,9-10,13,18-21,36H2,1-3H3,(H2,35,38). The molecule has 52 heavy (non-hydrogen) atoms. The number of benzene rings is 2. The van der Waals surface area contributed by atoms with E-state index in [4.69, 9.17) is 46.9 Å². The summed E-state index contributed by atoms with van der Waals surface area (Å²) in [6, 6.07) is 14.7. The van der Waals surface area contributed by atoms with Crippen molar-refractivity contribution in [3.63, 3.8) is 0 Å². The first-order chi connectivity index (χ1) is 24.9. The molecule has 18 nitrogen and oxygen atoms in total. The number of hydrogen-bond acceptors (Lipinski definition) is 15. The lowest BCUT2D eigenvalue weighted by molar-refractivity contribution is -0.757. The van der Waals surface area contributed by atoms with Gasteiger partial charge >= 0.3 is 18.3 Å². The van der Waals surface area contributed by atoms with Crippen LogP contribution in [0.1, 0.15) is 73.9 Å². The highest BCUT2D eigenvalue weighted by molar-refractivity contribution is 6.32. The van der Waals surface area contributed by atoms with E-state index in [0.29, 0.717) is 30.7 Å². The maximum Gasteiger partial charge on any atom is 0.511 e. The van der Waals surface area contributed by atoms with E-state index in [1.54, 1.807) is 23.6 Å². The van der Waals surface area contributed by atoms with E-state index in [0.717, 1.165) is 34.6 Å². The van der Waals surface area contributed by atoms with Crippen LogP contribution < -0.4 is 11.6 Å². The summed E-state index contributed by atoms with van der Waals surface area (Å²) in [5.41, 5.74) is 9.22. The van der Waals surface area contributed by atoms with E-state index >= 15 is 0 Å². The smallest absolute Gasteiger partial charge is 0.435 e. The van der Waals surface area contributed by atoms with Gasteiger partial charge in [0.25, 0.3) is 5.09 Å². The molecule has 1 heterocycles. The number of aromatic nitrogens is 2. The average Bonchev–Trinajstić information content (AvgIpc) is 3.41. The summed E-state index contributed by atoms with van der Waals surface area (Å²) in [6.07, 6.45) is -0.289. The molecule has 0 amide bonds. The number of imidazole rings is 1. The van der Waals surface area contributed by atoms with E-state index < -0.39 is 36.4 Å². The van der Waals surface area contributed by atoms with Gasteiger partial charge in [-0.25, -0.2) is 25.2 Å². The summed E-state index contributed by atoms with van der Waals surface area (Å²) < 4.78 is 26.5. The molecule has 0 fully saturated rings. The number of amidine groups is 1. The molecule has 2 aromatic carbocycles. The number of hydrazine groups is 1. The van der Waals surface area contributed by atoms with Crippen molar-refractivity contribution in [2.75, 3.05) is 26.6 Å². The van der Waals surface area contributed by atoms with Crippen LogP contribution in [0.25, 0.3) is 11.1 Å². The lowest BCUT2D eigenvalue weighted by Crippen LogP contribution is -2.33. The summed E-state index contributed by atoms with van der Waals surface area (Å²) in [4.78, 5) is 55.5. The minimum Gasteiger partial charge on any atom is -0.435 e. The molecule has 0 aliphatic rings. The van der Waals surface area contributed by atoms with E-state index in [-0.39, 0.29) is 43.0 Å². The molecule has 4 N–H and O–H groups in total. The molecule has 282 valence electrons. The van der Waals surface area contributed by atoms with Crippen LogP contribution >= 0.6 is 11.6 Å². The first kappa shape index (κ1) is 40.8. The Morgan fingerprint density at radius 2 is 1.71 bits per heavy atom. The third-order valence-electron chi connectivity index (χ3n) is 7.06. The highest BCUT2D eigenvalue weighted by atomic mass is 35.5. The van der Waals surface area contributed by atoms with Gasteiger partial charge in [-0.1, -0.05) is 73.5 Å². The molecule has 0 saturated heterocycles. The predicted molar refractivity (Wildman–Crippen MR) is 186 cm³/mol. The Bertz CT molecular complexity index is 1680. The first-order valence-corrected chi connectivity index (χ1v) is 16.7. The normalized spacial score (nSPS) is 11.7. The summed E-state index contributed by atoms with van der Waals surface area (Å²) in [7, 11) is 0. The zero-order valence-electron chi connectivity index (χ0n) is 29.0. The average molecular weight is 748 g/mol. The number of aryl methyl sites for hydroxylation is 1. The van der Waals surface area contributed by atoms with Gasteiger partial charge in [0.1, 0.15) is 5.82 Å². The van der Waals surface area contributed by atoms with Crippen LogP contribution in [0.4, 0.5) is 9.59 Å². The second kappa shape index (κ2) is 20.9. The van der Waals surface area contributed by atoms with Gasteiger partial charge in [0.2, 0.25) is 6.29 Å². The monoisotopic (exact) mass is 747 g/mol. The van der Waals surface area contributed by atoms with Gasteiger partial charge in [0.05, 0.1) is 19.8 Å². The Kier molecular flexibility index (Phi) is 16.4. The summed E-state index contributed by atoms with van der Waals surface area (Å²) >= 11 is 6.44. The zero-order valence-corrected chi connectivity index (χ0v) is 29.8. The second-order valence-electron chi connectivity index (χ2n) is 10.9. The Labute approximate surface area is 304 Å². The largest absolute Gasteiger partial charge is 0.511 e. The SMILES string of the molecule is CCCCc1nc(Cl)c(C(=O)OC(C)OC(=O)OCC)n1Cc1ccc(-c2ccccc2/C(N)=N/N(N)COC(=O)OCCCCO[N+](=O)[O-])cc1. The molecule has 0 bridgehead atoms. The van der Waals surface area contributed by atoms with Crippen LogP contribution in [0.15, 0.2) is 53.6 Å². The topological polar surface area (TPSA) is 235 Å².